The summed E-state index contributed by atoms with van der Waals surface area (Å²) < 4.78 is 26.3. The average Bonchev–Trinajstić information content (AvgIpc) is 1.86. The molecular formula is C7H9NO2S+2. The lowest BCUT2D eigenvalue weighted by Gasteiger charge is -1.97. The Morgan fingerprint density at radius 2 is 2.00 bits per heavy atom. The van der Waals surface area contributed by atoms with Crippen LogP contribution in [0.1, 0.15) is 6.92 Å². The molecule has 1 aliphatic rings. The van der Waals surface area contributed by atoms with Crippen LogP contribution in [-0.2, 0) is 0 Å². The normalized spacial score (nSPS) is 17.6. The van der Waals surface area contributed by atoms with Crippen LogP contribution in [0, 0.1) is 17.4 Å². The van der Waals surface area contributed by atoms with E-state index in [4.69, 9.17) is 13.7 Å². The van der Waals surface area contributed by atoms with Gasteiger partial charge in [0.05, 0.1) is 0 Å². The minimum atomic E-state index is -3.52. The summed E-state index contributed by atoms with van der Waals surface area (Å²) in [5, 5.41) is 0. The van der Waals surface area contributed by atoms with E-state index in [9.17, 15) is 0 Å². The van der Waals surface area contributed by atoms with Crippen molar-refractivity contribution < 1.29 is 9.11 Å². The van der Waals surface area contributed by atoms with Crippen LogP contribution in [0.5, 0.6) is 0 Å². The van der Waals surface area contributed by atoms with Gasteiger partial charge in [0.25, 0.3) is 15.1 Å². The minimum absolute atomic E-state index is 0.156. The summed E-state index contributed by atoms with van der Waals surface area (Å²) in [5.74, 6) is 0. The van der Waals surface area contributed by atoms with Crippen molar-refractivity contribution in [2.45, 2.75) is 6.92 Å². The van der Waals surface area contributed by atoms with E-state index >= 15 is 0 Å². The second-order valence-corrected chi connectivity index (χ2v) is 3.84. The fourth-order valence-corrected chi connectivity index (χ4v) is 1.22. The quantitative estimate of drug-likeness (QED) is 0.550. The van der Waals surface area contributed by atoms with Crippen LogP contribution in [-0.4, -0.2) is 9.11 Å². The molecule has 0 saturated heterocycles. The molecule has 1 aliphatic carbocycles. The molecule has 11 heavy (non-hydrogen) atoms. The standard InChI is InChI=1S/C7H9NO2S/c1-6-2-4-7(5-3-6)11(8,9)10/h2-5,9-10H,1H3/q+2. The third kappa shape index (κ3) is 2.06. The van der Waals surface area contributed by atoms with Crippen molar-refractivity contribution in [2.24, 2.45) is 0 Å². The van der Waals surface area contributed by atoms with Gasteiger partial charge in [-0.1, -0.05) is 0 Å². The van der Waals surface area contributed by atoms with Crippen LogP contribution >= 0.6 is 10.2 Å². The summed E-state index contributed by atoms with van der Waals surface area (Å²) in [6, 6.07) is 0. The lowest BCUT2D eigenvalue weighted by Crippen LogP contribution is -1.94. The van der Waals surface area contributed by atoms with Gasteiger partial charge in [0, 0.05) is 6.92 Å². The molecule has 0 saturated carbocycles. The van der Waals surface area contributed by atoms with Gasteiger partial charge in [-0.3, -0.25) is 9.11 Å². The fraction of sp³-hybridized carbons (Fsp3) is 0.143. The summed E-state index contributed by atoms with van der Waals surface area (Å²) >= 11 is 0. The topological polar surface area (TPSA) is 64.2 Å². The van der Waals surface area contributed by atoms with Crippen molar-refractivity contribution in [3.05, 3.63) is 35.5 Å². The molecule has 0 amide bonds. The smallest absolute Gasteiger partial charge is 0.282 e. The Kier molecular flexibility index (Phi) is 2.02. The van der Waals surface area contributed by atoms with Crippen molar-refractivity contribution in [1.29, 1.82) is 4.61 Å². The third-order valence-corrected chi connectivity index (χ3v) is 2.24. The van der Waals surface area contributed by atoms with Crippen molar-refractivity contribution in [2.75, 3.05) is 0 Å². The lowest BCUT2D eigenvalue weighted by atomic mass is 10.1. The Labute approximate surface area is 67.0 Å². The summed E-state index contributed by atoms with van der Waals surface area (Å²) in [7, 11) is -3.52. The van der Waals surface area contributed by atoms with E-state index in [1.165, 1.54) is 12.5 Å². The van der Waals surface area contributed by atoms with E-state index in [1.807, 2.05) is 6.92 Å². The van der Waals surface area contributed by atoms with E-state index in [0.717, 1.165) is 5.57 Å². The monoisotopic (exact) mass is 171 g/mol. The Morgan fingerprint density at radius 3 is 2.36 bits per heavy atom. The molecular weight excluding hydrogens is 162 g/mol. The van der Waals surface area contributed by atoms with Crippen molar-refractivity contribution >= 4 is 10.2 Å². The van der Waals surface area contributed by atoms with Crippen LogP contribution < -0.4 is 0 Å². The highest BCUT2D eigenvalue weighted by atomic mass is 32.3. The molecule has 0 fully saturated rings. The zero-order valence-corrected chi connectivity index (χ0v) is 6.88. The SMILES string of the molecule is CC1=C[CH+]C(S(#N)(O)O)=C[CH+]1. The minimum Gasteiger partial charge on any atom is -0.286 e. The Bertz CT molecular complexity index is 310. The van der Waals surface area contributed by atoms with Crippen molar-refractivity contribution in [1.82, 2.24) is 0 Å². The highest BCUT2D eigenvalue weighted by molar-refractivity contribution is 8.15. The van der Waals surface area contributed by atoms with Gasteiger partial charge in [-0.25, -0.2) is 0 Å². The summed E-state index contributed by atoms with van der Waals surface area (Å²) in [4.78, 5) is 0.156. The first-order chi connectivity index (χ1) is 5.00. The predicted octanol–water partition coefficient (Wildman–Crippen LogP) is 2.47. The maximum absolute atomic E-state index is 8.77. The van der Waals surface area contributed by atoms with Crippen LogP contribution in [0.3, 0.4) is 0 Å². The van der Waals surface area contributed by atoms with Crippen molar-refractivity contribution in [3.63, 3.8) is 0 Å². The number of hydrogen-bond acceptors (Lipinski definition) is 3. The highest BCUT2D eigenvalue weighted by Gasteiger charge is 2.29. The second kappa shape index (κ2) is 2.68. The number of nitrogens with zero attached hydrogens (tertiary/aromatic N) is 1. The van der Waals surface area contributed by atoms with E-state index < -0.39 is 10.2 Å². The van der Waals surface area contributed by atoms with Gasteiger partial charge >= 0.3 is 0 Å². The first-order valence-corrected chi connectivity index (χ1v) is 4.58. The molecule has 1 rings (SSSR count). The molecule has 0 aliphatic heterocycles. The van der Waals surface area contributed by atoms with Crippen LogP contribution in [0.4, 0.5) is 0 Å². The van der Waals surface area contributed by atoms with E-state index in [2.05, 4.69) is 0 Å². The Morgan fingerprint density at radius 1 is 1.36 bits per heavy atom. The largest absolute Gasteiger partial charge is 0.286 e. The molecule has 0 aromatic rings. The number of allylic oxidation sites excluding steroid dienone is 4. The Hall–Kier alpha value is -0.800. The molecule has 0 aromatic carbocycles. The summed E-state index contributed by atoms with van der Waals surface area (Å²) in [6.45, 7) is 1.88. The Balaban J connectivity index is 2.77. The van der Waals surface area contributed by atoms with Gasteiger partial charge in [-0.2, -0.15) is 4.61 Å². The zero-order chi connectivity index (χ0) is 8.48. The average molecular weight is 171 g/mol. The molecule has 0 spiro atoms. The predicted molar refractivity (Wildman–Crippen MR) is 45.0 cm³/mol. The van der Waals surface area contributed by atoms with E-state index in [0.29, 0.717) is 0 Å². The number of hydrogen-bond donors (Lipinski definition) is 2. The molecule has 0 atom stereocenters. The molecule has 0 bridgehead atoms. The van der Waals surface area contributed by atoms with Gasteiger partial charge in [0.15, 0.2) is 30.6 Å². The van der Waals surface area contributed by atoms with Gasteiger partial charge in [0.1, 0.15) is 0 Å². The fourth-order valence-electron chi connectivity index (χ4n) is 0.721. The summed E-state index contributed by atoms with van der Waals surface area (Å²) in [5.41, 5.74) is 1.01. The molecule has 58 valence electrons. The van der Waals surface area contributed by atoms with Crippen molar-refractivity contribution in [3.8, 4) is 0 Å². The first kappa shape index (κ1) is 8.30. The molecule has 0 aromatic heterocycles. The van der Waals surface area contributed by atoms with E-state index in [1.54, 1.807) is 12.5 Å². The lowest BCUT2D eigenvalue weighted by molar-refractivity contribution is 0.512. The van der Waals surface area contributed by atoms with Gasteiger partial charge in [-0.15, -0.1) is 0 Å². The number of rotatable bonds is 0. The maximum Gasteiger partial charge on any atom is 0.282 e. The van der Waals surface area contributed by atoms with Crippen LogP contribution in [0.2, 0.25) is 0 Å². The highest BCUT2D eigenvalue weighted by Crippen LogP contribution is 2.36. The van der Waals surface area contributed by atoms with Gasteiger partial charge < -0.3 is 0 Å². The molecule has 0 unspecified atom stereocenters. The van der Waals surface area contributed by atoms with E-state index in [-0.39, 0.29) is 4.91 Å². The van der Waals surface area contributed by atoms with Crippen LogP contribution in [0.15, 0.2) is 22.6 Å². The van der Waals surface area contributed by atoms with Crippen LogP contribution in [0.25, 0.3) is 0 Å². The molecule has 3 nitrogen and oxygen atoms in total. The zero-order valence-electron chi connectivity index (χ0n) is 6.06. The summed E-state index contributed by atoms with van der Waals surface area (Å²) in [6.07, 6.45) is 6.40. The molecule has 0 heterocycles. The molecule has 4 heteroatoms. The third-order valence-electron chi connectivity index (χ3n) is 1.34. The van der Waals surface area contributed by atoms with Gasteiger partial charge in [0.2, 0.25) is 0 Å². The molecule has 2 N–H and O–H groups in total. The first-order valence-electron chi connectivity index (χ1n) is 3.07. The molecule has 0 radical (unpaired) electrons. The second-order valence-electron chi connectivity index (χ2n) is 2.33. The van der Waals surface area contributed by atoms with Gasteiger partial charge in [-0.05, 0) is 0 Å². The maximum atomic E-state index is 8.77.